The summed E-state index contributed by atoms with van der Waals surface area (Å²) in [5.74, 6) is 1.30. The average molecular weight is 236 g/mol. The van der Waals surface area contributed by atoms with Crippen molar-refractivity contribution in [3.05, 3.63) is 11.8 Å². The van der Waals surface area contributed by atoms with Crippen molar-refractivity contribution in [2.24, 2.45) is 0 Å². The van der Waals surface area contributed by atoms with Gasteiger partial charge in [-0.15, -0.1) is 0 Å². The normalized spacial score (nSPS) is 19.6. The number of hydrogen-bond acceptors (Lipinski definition) is 5. The second-order valence-electron chi connectivity index (χ2n) is 4.67. The lowest BCUT2D eigenvalue weighted by atomic mass is 10.3. The van der Waals surface area contributed by atoms with Crippen molar-refractivity contribution in [1.29, 1.82) is 0 Å². The molecule has 94 valence electrons. The van der Waals surface area contributed by atoms with Gasteiger partial charge < -0.3 is 15.4 Å². The van der Waals surface area contributed by atoms with Gasteiger partial charge in [0.15, 0.2) is 0 Å². The third kappa shape index (κ3) is 3.56. The lowest BCUT2D eigenvalue weighted by Gasteiger charge is -2.14. The van der Waals surface area contributed by atoms with Crippen LogP contribution in [0, 0.1) is 6.92 Å². The van der Waals surface area contributed by atoms with E-state index >= 15 is 0 Å². The molecule has 1 fully saturated rings. The van der Waals surface area contributed by atoms with Gasteiger partial charge in [-0.1, -0.05) is 0 Å². The lowest BCUT2D eigenvalue weighted by molar-refractivity contribution is 0.232. The summed E-state index contributed by atoms with van der Waals surface area (Å²) in [6.07, 6.45) is 1.24. The first-order chi connectivity index (χ1) is 8.13. The Labute approximate surface area is 102 Å². The average Bonchev–Trinajstić information content (AvgIpc) is 2.67. The van der Waals surface area contributed by atoms with Gasteiger partial charge in [-0.25, -0.2) is 4.98 Å². The Bertz CT molecular complexity index is 375. The summed E-state index contributed by atoms with van der Waals surface area (Å²) in [5.41, 5.74) is 0.920. The van der Waals surface area contributed by atoms with Crippen molar-refractivity contribution < 1.29 is 4.74 Å². The Hall–Kier alpha value is -1.36. The Balaban J connectivity index is 2.07. The summed E-state index contributed by atoms with van der Waals surface area (Å²) in [7, 11) is 0. The van der Waals surface area contributed by atoms with Crippen LogP contribution >= 0.6 is 0 Å². The monoisotopic (exact) mass is 236 g/mol. The van der Waals surface area contributed by atoms with Crippen LogP contribution in [0.5, 0.6) is 5.88 Å². The molecule has 1 aromatic rings. The van der Waals surface area contributed by atoms with Gasteiger partial charge in [0, 0.05) is 24.3 Å². The molecule has 2 rings (SSSR count). The van der Waals surface area contributed by atoms with E-state index in [1.165, 1.54) is 0 Å². The molecule has 2 N–H and O–H groups in total. The van der Waals surface area contributed by atoms with Gasteiger partial charge in [0.2, 0.25) is 11.8 Å². The minimum atomic E-state index is 0.130. The molecule has 1 aromatic heterocycles. The topological polar surface area (TPSA) is 59.1 Å². The first kappa shape index (κ1) is 12.1. The summed E-state index contributed by atoms with van der Waals surface area (Å²) in [6, 6.07) is 2.28. The summed E-state index contributed by atoms with van der Waals surface area (Å²) >= 11 is 0. The highest BCUT2D eigenvalue weighted by Crippen LogP contribution is 2.15. The molecule has 0 spiro atoms. The quantitative estimate of drug-likeness (QED) is 0.826. The minimum Gasteiger partial charge on any atom is -0.475 e. The van der Waals surface area contributed by atoms with E-state index in [-0.39, 0.29) is 6.10 Å². The molecule has 0 radical (unpaired) electrons. The van der Waals surface area contributed by atoms with Crippen LogP contribution < -0.4 is 15.4 Å². The van der Waals surface area contributed by atoms with Gasteiger partial charge in [0.1, 0.15) is 0 Å². The zero-order valence-electron chi connectivity index (χ0n) is 10.7. The zero-order valence-corrected chi connectivity index (χ0v) is 10.7. The highest BCUT2D eigenvalue weighted by molar-refractivity contribution is 5.32. The van der Waals surface area contributed by atoms with E-state index in [0.29, 0.717) is 17.9 Å². The second-order valence-corrected chi connectivity index (χ2v) is 4.67. The van der Waals surface area contributed by atoms with Crippen molar-refractivity contribution >= 4 is 5.95 Å². The van der Waals surface area contributed by atoms with Crippen molar-refractivity contribution in [3.8, 4) is 5.88 Å². The number of rotatable bonds is 4. The Morgan fingerprint density at radius 1 is 1.47 bits per heavy atom. The van der Waals surface area contributed by atoms with E-state index in [2.05, 4.69) is 20.6 Å². The van der Waals surface area contributed by atoms with Crippen LogP contribution in [-0.4, -0.2) is 35.2 Å². The Kier molecular flexibility index (Phi) is 3.78. The number of anilines is 1. The van der Waals surface area contributed by atoms with Crippen LogP contribution in [0.2, 0.25) is 0 Å². The van der Waals surface area contributed by atoms with Gasteiger partial charge in [-0.3, -0.25) is 0 Å². The van der Waals surface area contributed by atoms with E-state index in [1.54, 1.807) is 0 Å². The molecule has 2 heterocycles. The number of hydrogen-bond donors (Lipinski definition) is 2. The third-order valence-corrected chi connectivity index (χ3v) is 2.58. The van der Waals surface area contributed by atoms with Crippen LogP contribution in [0.15, 0.2) is 6.07 Å². The molecular formula is C12H20N4O. The molecule has 0 bridgehead atoms. The predicted molar refractivity (Wildman–Crippen MR) is 67.4 cm³/mol. The molecule has 1 atom stereocenters. The standard InChI is InChI=1S/C12H20N4O/c1-8(2)17-11-6-9(3)14-12(16-11)15-10-4-5-13-7-10/h6,8,10,13H,4-5,7H2,1-3H3,(H,14,15,16). The highest BCUT2D eigenvalue weighted by atomic mass is 16.5. The van der Waals surface area contributed by atoms with Crippen LogP contribution in [0.3, 0.4) is 0 Å². The number of ether oxygens (including phenoxy) is 1. The smallest absolute Gasteiger partial charge is 0.226 e. The molecule has 0 aromatic carbocycles. The molecule has 1 unspecified atom stereocenters. The fourth-order valence-electron chi connectivity index (χ4n) is 1.87. The maximum atomic E-state index is 5.59. The second kappa shape index (κ2) is 5.31. The zero-order chi connectivity index (χ0) is 12.3. The highest BCUT2D eigenvalue weighted by Gasteiger charge is 2.15. The van der Waals surface area contributed by atoms with Crippen LogP contribution in [0.4, 0.5) is 5.95 Å². The van der Waals surface area contributed by atoms with E-state index in [1.807, 2.05) is 26.8 Å². The SMILES string of the molecule is Cc1cc(OC(C)C)nc(NC2CCNC2)n1. The van der Waals surface area contributed by atoms with Gasteiger partial charge in [-0.05, 0) is 33.7 Å². The lowest BCUT2D eigenvalue weighted by Crippen LogP contribution is -2.23. The largest absolute Gasteiger partial charge is 0.475 e. The Morgan fingerprint density at radius 3 is 2.94 bits per heavy atom. The van der Waals surface area contributed by atoms with E-state index in [9.17, 15) is 0 Å². The number of aryl methyl sites for hydroxylation is 1. The van der Waals surface area contributed by atoms with Crippen LogP contribution in [0.1, 0.15) is 26.0 Å². The summed E-state index contributed by atoms with van der Waals surface area (Å²) in [6.45, 7) is 7.96. The molecule has 0 aliphatic carbocycles. The van der Waals surface area contributed by atoms with Crippen molar-refractivity contribution in [3.63, 3.8) is 0 Å². The molecule has 1 saturated heterocycles. The number of aromatic nitrogens is 2. The van der Waals surface area contributed by atoms with Gasteiger partial charge in [-0.2, -0.15) is 4.98 Å². The Morgan fingerprint density at radius 2 is 2.29 bits per heavy atom. The minimum absolute atomic E-state index is 0.130. The maximum absolute atomic E-state index is 5.59. The number of nitrogens with one attached hydrogen (secondary N) is 2. The van der Waals surface area contributed by atoms with Crippen molar-refractivity contribution in [2.45, 2.75) is 39.3 Å². The van der Waals surface area contributed by atoms with Gasteiger partial charge >= 0.3 is 0 Å². The van der Waals surface area contributed by atoms with Gasteiger partial charge in [0.05, 0.1) is 6.10 Å². The molecule has 5 nitrogen and oxygen atoms in total. The van der Waals surface area contributed by atoms with E-state index in [4.69, 9.17) is 4.74 Å². The molecule has 0 amide bonds. The van der Waals surface area contributed by atoms with Crippen LogP contribution in [-0.2, 0) is 0 Å². The number of nitrogens with zero attached hydrogens (tertiary/aromatic N) is 2. The molecular weight excluding hydrogens is 216 g/mol. The first-order valence-corrected chi connectivity index (χ1v) is 6.13. The van der Waals surface area contributed by atoms with E-state index < -0.39 is 0 Å². The third-order valence-electron chi connectivity index (χ3n) is 2.58. The molecule has 17 heavy (non-hydrogen) atoms. The van der Waals surface area contributed by atoms with Crippen molar-refractivity contribution in [2.75, 3.05) is 18.4 Å². The molecule has 1 aliphatic rings. The fraction of sp³-hybridized carbons (Fsp3) is 0.667. The molecule has 5 heteroatoms. The summed E-state index contributed by atoms with van der Waals surface area (Å²) < 4.78 is 5.59. The van der Waals surface area contributed by atoms with Gasteiger partial charge in [0.25, 0.3) is 0 Å². The maximum Gasteiger partial charge on any atom is 0.226 e. The first-order valence-electron chi connectivity index (χ1n) is 6.13. The molecule has 1 aliphatic heterocycles. The van der Waals surface area contributed by atoms with E-state index in [0.717, 1.165) is 25.2 Å². The predicted octanol–water partition coefficient (Wildman–Crippen LogP) is 1.35. The summed E-state index contributed by atoms with van der Waals surface area (Å²) in [5, 5.41) is 6.64. The fourth-order valence-corrected chi connectivity index (χ4v) is 1.87. The molecule has 0 saturated carbocycles. The summed E-state index contributed by atoms with van der Waals surface area (Å²) in [4.78, 5) is 8.74. The van der Waals surface area contributed by atoms with Crippen LogP contribution in [0.25, 0.3) is 0 Å². The van der Waals surface area contributed by atoms with Crippen molar-refractivity contribution in [1.82, 2.24) is 15.3 Å².